The van der Waals surface area contributed by atoms with Crippen molar-refractivity contribution in [3.05, 3.63) is 23.8 Å². The first-order valence-corrected chi connectivity index (χ1v) is 6.48. The Morgan fingerprint density at radius 2 is 1.79 bits per heavy atom. The van der Waals surface area contributed by atoms with Crippen LogP contribution in [0.4, 0.5) is 5.69 Å². The molecule has 0 spiro atoms. The van der Waals surface area contributed by atoms with E-state index < -0.39 is 0 Å². The number of likely N-dealkylation sites (N-methyl/N-ethyl adjacent to an activating group) is 1. The summed E-state index contributed by atoms with van der Waals surface area (Å²) in [5, 5.41) is 18.5. The standard InChI is InChI=1S/C15H25NO3/c1-15(2,3)13-8-11(6-7-14(13)19-5)16(4)12(9-17)10-18/h6-8,12,17-18H,9-10H2,1-5H3. The molecule has 0 aromatic heterocycles. The summed E-state index contributed by atoms with van der Waals surface area (Å²) in [6, 6.07) is 5.63. The van der Waals surface area contributed by atoms with Crippen LogP contribution >= 0.6 is 0 Å². The SMILES string of the molecule is COc1ccc(N(C)C(CO)CO)cc1C(C)(C)C. The van der Waals surface area contributed by atoms with E-state index >= 15 is 0 Å². The molecule has 0 amide bonds. The summed E-state index contributed by atoms with van der Waals surface area (Å²) in [7, 11) is 3.53. The van der Waals surface area contributed by atoms with Gasteiger partial charge >= 0.3 is 0 Å². The fraction of sp³-hybridized carbons (Fsp3) is 0.600. The van der Waals surface area contributed by atoms with Gasteiger partial charge in [0.15, 0.2) is 0 Å². The molecule has 1 aromatic rings. The van der Waals surface area contributed by atoms with Crippen LogP contribution in [-0.2, 0) is 5.41 Å². The highest BCUT2D eigenvalue weighted by Gasteiger charge is 2.21. The number of rotatable bonds is 5. The van der Waals surface area contributed by atoms with Crippen molar-refractivity contribution >= 4 is 5.69 Å². The lowest BCUT2D eigenvalue weighted by Crippen LogP contribution is -2.37. The quantitative estimate of drug-likeness (QED) is 0.854. The molecule has 19 heavy (non-hydrogen) atoms. The maximum absolute atomic E-state index is 9.26. The van der Waals surface area contributed by atoms with Gasteiger partial charge in [-0.2, -0.15) is 0 Å². The third kappa shape index (κ3) is 3.61. The molecule has 0 fully saturated rings. The van der Waals surface area contributed by atoms with Gasteiger partial charge in [-0.3, -0.25) is 0 Å². The van der Waals surface area contributed by atoms with Crippen molar-refractivity contribution in [2.75, 3.05) is 32.3 Å². The summed E-state index contributed by atoms with van der Waals surface area (Å²) in [6.45, 7) is 6.23. The monoisotopic (exact) mass is 267 g/mol. The average Bonchev–Trinajstić information content (AvgIpc) is 2.38. The normalized spacial score (nSPS) is 11.8. The van der Waals surface area contributed by atoms with Crippen molar-refractivity contribution in [1.29, 1.82) is 0 Å². The minimum atomic E-state index is -0.291. The highest BCUT2D eigenvalue weighted by atomic mass is 16.5. The predicted octanol–water partition coefficient (Wildman–Crippen LogP) is 1.78. The van der Waals surface area contributed by atoms with Crippen LogP contribution in [0.2, 0.25) is 0 Å². The Kier molecular flexibility index (Phi) is 5.20. The minimum absolute atomic E-state index is 0.0316. The molecule has 0 aliphatic heterocycles. The van der Waals surface area contributed by atoms with Gasteiger partial charge in [0.2, 0.25) is 0 Å². The number of methoxy groups -OCH3 is 1. The summed E-state index contributed by atoms with van der Waals surface area (Å²) in [5.41, 5.74) is 2.03. The second kappa shape index (κ2) is 6.26. The number of benzene rings is 1. The zero-order valence-corrected chi connectivity index (χ0v) is 12.5. The molecule has 2 N–H and O–H groups in total. The Labute approximate surface area is 115 Å². The molecule has 0 unspecified atom stereocenters. The Hall–Kier alpha value is -1.26. The van der Waals surface area contributed by atoms with Gasteiger partial charge in [-0.05, 0) is 23.6 Å². The van der Waals surface area contributed by atoms with E-state index in [9.17, 15) is 10.2 Å². The molecule has 1 aromatic carbocycles. The lowest BCUT2D eigenvalue weighted by atomic mass is 9.86. The van der Waals surface area contributed by atoms with E-state index in [2.05, 4.69) is 26.8 Å². The van der Waals surface area contributed by atoms with Gasteiger partial charge in [0, 0.05) is 18.3 Å². The number of hydrogen-bond acceptors (Lipinski definition) is 4. The second-order valence-corrected chi connectivity index (χ2v) is 5.76. The van der Waals surface area contributed by atoms with Gasteiger partial charge in [-0.1, -0.05) is 20.8 Å². The maximum atomic E-state index is 9.26. The van der Waals surface area contributed by atoms with Crippen LogP contribution in [0.25, 0.3) is 0 Å². The molecule has 1 rings (SSSR count). The number of ether oxygens (including phenoxy) is 1. The van der Waals surface area contributed by atoms with Crippen molar-refractivity contribution in [3.63, 3.8) is 0 Å². The van der Waals surface area contributed by atoms with Crippen molar-refractivity contribution in [2.45, 2.75) is 32.2 Å². The van der Waals surface area contributed by atoms with Crippen LogP contribution in [0.15, 0.2) is 18.2 Å². The highest BCUT2D eigenvalue weighted by molar-refractivity contribution is 5.55. The maximum Gasteiger partial charge on any atom is 0.122 e. The lowest BCUT2D eigenvalue weighted by Gasteiger charge is -2.30. The van der Waals surface area contributed by atoms with E-state index in [0.717, 1.165) is 17.0 Å². The first kappa shape index (κ1) is 15.8. The van der Waals surface area contributed by atoms with Gasteiger partial charge in [-0.25, -0.2) is 0 Å². The van der Waals surface area contributed by atoms with Crippen molar-refractivity contribution in [1.82, 2.24) is 0 Å². The zero-order chi connectivity index (χ0) is 14.6. The number of hydrogen-bond donors (Lipinski definition) is 2. The Morgan fingerprint density at radius 1 is 1.21 bits per heavy atom. The predicted molar refractivity (Wildman–Crippen MR) is 78.1 cm³/mol. The number of anilines is 1. The highest BCUT2D eigenvalue weighted by Crippen LogP contribution is 2.34. The molecule has 0 bridgehead atoms. The minimum Gasteiger partial charge on any atom is -0.496 e. The first-order chi connectivity index (χ1) is 8.85. The van der Waals surface area contributed by atoms with Crippen LogP contribution in [-0.4, -0.2) is 43.6 Å². The molecule has 4 nitrogen and oxygen atoms in total. The second-order valence-electron chi connectivity index (χ2n) is 5.76. The van der Waals surface area contributed by atoms with Crippen molar-refractivity contribution < 1.29 is 14.9 Å². The van der Waals surface area contributed by atoms with Gasteiger partial charge in [0.05, 0.1) is 26.4 Å². The van der Waals surface area contributed by atoms with Gasteiger partial charge in [-0.15, -0.1) is 0 Å². The average molecular weight is 267 g/mol. The van der Waals surface area contributed by atoms with E-state index in [4.69, 9.17) is 4.74 Å². The molecule has 0 saturated carbocycles. The number of nitrogens with zero attached hydrogens (tertiary/aromatic N) is 1. The molecule has 108 valence electrons. The molecule has 0 aliphatic rings. The summed E-state index contributed by atoms with van der Waals surface area (Å²) in [4.78, 5) is 1.88. The van der Waals surface area contributed by atoms with Crippen LogP contribution in [0.5, 0.6) is 5.75 Å². The van der Waals surface area contributed by atoms with Crippen molar-refractivity contribution in [3.8, 4) is 5.75 Å². The molecular weight excluding hydrogens is 242 g/mol. The zero-order valence-electron chi connectivity index (χ0n) is 12.5. The molecule has 4 heteroatoms. The molecular formula is C15H25NO3. The number of aliphatic hydroxyl groups excluding tert-OH is 2. The van der Waals surface area contributed by atoms with E-state index in [1.807, 2.05) is 24.1 Å². The Bertz CT molecular complexity index is 408. The first-order valence-electron chi connectivity index (χ1n) is 6.48. The topological polar surface area (TPSA) is 52.9 Å². The lowest BCUT2D eigenvalue weighted by molar-refractivity contribution is 0.190. The van der Waals surface area contributed by atoms with Crippen LogP contribution in [0, 0.1) is 0 Å². The molecule has 0 radical (unpaired) electrons. The van der Waals surface area contributed by atoms with Crippen LogP contribution in [0.3, 0.4) is 0 Å². The van der Waals surface area contributed by atoms with Gasteiger partial charge < -0.3 is 19.8 Å². The van der Waals surface area contributed by atoms with Crippen LogP contribution < -0.4 is 9.64 Å². The fourth-order valence-electron chi connectivity index (χ4n) is 2.01. The summed E-state index contributed by atoms with van der Waals surface area (Å²) in [6.07, 6.45) is 0. The van der Waals surface area contributed by atoms with Crippen molar-refractivity contribution in [2.24, 2.45) is 0 Å². The van der Waals surface area contributed by atoms with Gasteiger partial charge in [0.1, 0.15) is 5.75 Å². The molecule has 0 atom stereocenters. The van der Waals surface area contributed by atoms with Gasteiger partial charge in [0.25, 0.3) is 0 Å². The smallest absolute Gasteiger partial charge is 0.122 e. The summed E-state index contributed by atoms with van der Waals surface area (Å²) >= 11 is 0. The molecule has 0 saturated heterocycles. The van der Waals surface area contributed by atoms with E-state index in [0.29, 0.717) is 0 Å². The largest absolute Gasteiger partial charge is 0.496 e. The molecule has 0 heterocycles. The van der Waals surface area contributed by atoms with E-state index in [-0.39, 0.29) is 24.7 Å². The summed E-state index contributed by atoms with van der Waals surface area (Å²) < 4.78 is 5.40. The number of aliphatic hydroxyl groups is 2. The van der Waals surface area contributed by atoms with E-state index in [1.165, 1.54) is 0 Å². The third-order valence-electron chi connectivity index (χ3n) is 3.37. The van der Waals surface area contributed by atoms with E-state index in [1.54, 1.807) is 7.11 Å². The summed E-state index contributed by atoms with van der Waals surface area (Å²) in [5.74, 6) is 0.856. The third-order valence-corrected chi connectivity index (χ3v) is 3.37. The fourth-order valence-corrected chi connectivity index (χ4v) is 2.01. The molecule has 0 aliphatic carbocycles. The Morgan fingerprint density at radius 3 is 2.21 bits per heavy atom. The Balaban J connectivity index is 3.18. The van der Waals surface area contributed by atoms with Crippen LogP contribution in [0.1, 0.15) is 26.3 Å².